The minimum absolute atomic E-state index is 0.164. The highest BCUT2D eigenvalue weighted by atomic mass is 79.9. The number of carbonyl (C=O) groups is 1. The quantitative estimate of drug-likeness (QED) is 0.144. The van der Waals surface area contributed by atoms with Crippen LogP contribution in [0.15, 0.2) is 83.8 Å². The molecule has 0 bridgehead atoms. The normalized spacial score (nSPS) is 20.3. The first kappa shape index (κ1) is 22.1. The van der Waals surface area contributed by atoms with Gasteiger partial charge in [0.25, 0.3) is 0 Å². The van der Waals surface area contributed by atoms with E-state index in [9.17, 15) is 4.79 Å². The van der Waals surface area contributed by atoms with Gasteiger partial charge in [-0.2, -0.15) is 3.89 Å². The summed E-state index contributed by atoms with van der Waals surface area (Å²) in [6.45, 7) is 3.24. The number of halogens is 1. The number of unbranched alkanes of at least 4 members (excludes halogenated alkanes) is 1. The summed E-state index contributed by atoms with van der Waals surface area (Å²) in [7, 11) is 0. The van der Waals surface area contributed by atoms with Gasteiger partial charge in [0.1, 0.15) is 18.5 Å². The summed E-state index contributed by atoms with van der Waals surface area (Å²) >= 11 is 5.10. The van der Waals surface area contributed by atoms with Gasteiger partial charge in [-0.3, -0.25) is 0 Å². The summed E-state index contributed by atoms with van der Waals surface area (Å²) in [5.41, 5.74) is 3.15. The second-order valence-electron chi connectivity index (χ2n) is 7.78. The number of fused-ring (bicyclic) bond motifs is 1. The molecule has 0 N–H and O–H groups in total. The van der Waals surface area contributed by atoms with Crippen LogP contribution in [0.2, 0.25) is 0 Å². The summed E-state index contributed by atoms with van der Waals surface area (Å²) in [6, 6.07) is 26.6. The fourth-order valence-electron chi connectivity index (χ4n) is 4.04. The van der Waals surface area contributed by atoms with Crippen molar-refractivity contribution in [1.29, 1.82) is 0 Å². The molecule has 0 aromatic heterocycles. The third kappa shape index (κ3) is 4.59. The van der Waals surface area contributed by atoms with Gasteiger partial charge in [-0.15, -0.1) is 0 Å². The minimum Gasteiger partial charge on any atom is -0.487 e. The number of benzene rings is 3. The maximum atomic E-state index is 14.0. The highest BCUT2D eigenvalue weighted by Gasteiger charge is 2.51. The van der Waals surface area contributed by atoms with Crippen LogP contribution >= 0.6 is 27.9 Å². The Labute approximate surface area is 197 Å². The number of nitrogens with zero attached hydrogens (tertiary/aromatic N) is 1. The highest BCUT2D eigenvalue weighted by molar-refractivity contribution is 9.09. The summed E-state index contributed by atoms with van der Waals surface area (Å²) in [5, 5.41) is 0.967. The number of ether oxygens (including phenoxy) is 1. The van der Waals surface area contributed by atoms with Gasteiger partial charge < -0.3 is 4.74 Å². The number of hydrogen-bond acceptors (Lipinski definition) is 3. The maximum absolute atomic E-state index is 14.0. The molecule has 3 nitrogen and oxygen atoms in total. The topological polar surface area (TPSA) is 26.3 Å². The van der Waals surface area contributed by atoms with E-state index in [-0.39, 0.29) is 15.7 Å². The van der Waals surface area contributed by atoms with Crippen molar-refractivity contribution in [3.8, 4) is 5.75 Å². The first-order chi connectivity index (χ1) is 15.2. The number of hydrogen-bond donors (Lipinski definition) is 0. The van der Waals surface area contributed by atoms with Gasteiger partial charge in [0.05, 0.1) is 17.4 Å². The van der Waals surface area contributed by atoms with Crippen molar-refractivity contribution in [3.05, 3.63) is 90.0 Å². The lowest BCUT2D eigenvalue weighted by Crippen LogP contribution is -2.51. The van der Waals surface area contributed by atoms with Crippen LogP contribution in [-0.4, -0.2) is 17.8 Å². The van der Waals surface area contributed by atoms with E-state index in [1.165, 1.54) is 0 Å². The molecule has 1 heterocycles. The Bertz CT molecular complexity index is 1040. The fraction of sp³-hybridized carbons (Fsp3) is 0.269. The zero-order valence-corrected chi connectivity index (χ0v) is 20.1. The van der Waals surface area contributed by atoms with Gasteiger partial charge in [-0.25, -0.2) is 4.79 Å². The maximum Gasteiger partial charge on any atom is 0.338 e. The van der Waals surface area contributed by atoms with E-state index >= 15 is 0 Å². The van der Waals surface area contributed by atoms with E-state index in [1.54, 1.807) is 11.9 Å². The van der Waals surface area contributed by atoms with Crippen LogP contribution in [0.5, 0.6) is 5.75 Å². The van der Waals surface area contributed by atoms with E-state index in [0.717, 1.165) is 45.6 Å². The van der Waals surface area contributed by atoms with Gasteiger partial charge in [0.15, 0.2) is 11.4 Å². The van der Waals surface area contributed by atoms with Crippen LogP contribution in [0.25, 0.3) is 0 Å². The van der Waals surface area contributed by atoms with Crippen molar-refractivity contribution in [3.63, 3.8) is 0 Å². The van der Waals surface area contributed by atoms with Crippen molar-refractivity contribution >= 4 is 39.5 Å². The molecule has 0 radical (unpaired) electrons. The molecular formula is C26H27BrNO2S+. The summed E-state index contributed by atoms with van der Waals surface area (Å²) in [6.07, 6.45) is 2.03. The van der Waals surface area contributed by atoms with E-state index in [2.05, 4.69) is 40.2 Å². The Balaban J connectivity index is 1.81. The summed E-state index contributed by atoms with van der Waals surface area (Å²) < 4.78 is 6.39. The molecule has 0 spiro atoms. The minimum atomic E-state index is -0.192. The van der Waals surface area contributed by atoms with Gasteiger partial charge in [-0.05, 0) is 37.5 Å². The molecule has 2 unspecified atom stereocenters. The van der Waals surface area contributed by atoms with Crippen LogP contribution < -0.4 is 8.63 Å². The Kier molecular flexibility index (Phi) is 7.16. The first-order valence-electron chi connectivity index (χ1n) is 10.7. The van der Waals surface area contributed by atoms with E-state index < -0.39 is 0 Å². The van der Waals surface area contributed by atoms with Gasteiger partial charge in [0.2, 0.25) is 0 Å². The molecule has 1 aliphatic rings. The van der Waals surface area contributed by atoms with Crippen LogP contribution in [0.1, 0.15) is 36.8 Å². The Morgan fingerprint density at radius 3 is 2.45 bits per heavy atom. The zero-order valence-electron chi connectivity index (χ0n) is 17.7. The number of rotatable bonds is 8. The van der Waals surface area contributed by atoms with E-state index in [4.69, 9.17) is 4.74 Å². The first-order valence-corrected chi connectivity index (χ1v) is 12.6. The molecule has 0 fully saturated rings. The SMILES string of the molecule is CC1C(=O)[N+](Cc2ccccc2)(c2ccccc2OCCCCBr)Sc2ccccc21. The molecule has 4 rings (SSSR count). The van der Waals surface area contributed by atoms with Crippen molar-refractivity contribution in [1.82, 2.24) is 3.89 Å². The van der Waals surface area contributed by atoms with Crippen molar-refractivity contribution in [2.75, 3.05) is 11.9 Å². The second kappa shape index (κ2) is 10.0. The Hall–Kier alpha value is -2.08. The number of amides is 1. The molecule has 1 amide bonds. The molecular weight excluding hydrogens is 470 g/mol. The molecule has 0 saturated heterocycles. The van der Waals surface area contributed by atoms with Crippen molar-refractivity contribution < 1.29 is 9.53 Å². The third-order valence-electron chi connectivity index (χ3n) is 5.65. The lowest BCUT2D eigenvalue weighted by atomic mass is 9.98. The Morgan fingerprint density at radius 2 is 1.65 bits per heavy atom. The molecule has 3 aromatic rings. The number of carbonyl (C=O) groups excluding carboxylic acids is 1. The average molecular weight is 497 g/mol. The number of alkyl halides is 1. The van der Waals surface area contributed by atoms with Crippen LogP contribution in [-0.2, 0) is 11.3 Å². The van der Waals surface area contributed by atoms with Crippen molar-refractivity contribution in [2.24, 2.45) is 0 Å². The Morgan fingerprint density at radius 1 is 0.935 bits per heavy atom. The largest absolute Gasteiger partial charge is 0.487 e. The molecule has 31 heavy (non-hydrogen) atoms. The average Bonchev–Trinajstić information content (AvgIpc) is 2.81. The summed E-state index contributed by atoms with van der Waals surface area (Å²) in [5.74, 6) is 0.784. The lowest BCUT2D eigenvalue weighted by molar-refractivity contribution is -0.127. The van der Waals surface area contributed by atoms with Gasteiger partial charge in [0, 0.05) is 17.0 Å². The molecule has 3 aromatic carbocycles. The van der Waals surface area contributed by atoms with Crippen LogP contribution in [0, 0.1) is 0 Å². The van der Waals surface area contributed by atoms with E-state index in [1.807, 2.05) is 61.5 Å². The monoisotopic (exact) mass is 496 g/mol. The summed E-state index contributed by atoms with van der Waals surface area (Å²) in [4.78, 5) is 15.2. The predicted molar refractivity (Wildman–Crippen MR) is 133 cm³/mol. The fourth-order valence-corrected chi connectivity index (χ4v) is 5.97. The molecule has 5 heteroatoms. The molecule has 160 valence electrons. The van der Waals surface area contributed by atoms with Gasteiger partial charge in [-0.1, -0.05) is 76.6 Å². The number of para-hydroxylation sites is 2. The van der Waals surface area contributed by atoms with Crippen LogP contribution in [0.3, 0.4) is 0 Å². The van der Waals surface area contributed by atoms with E-state index in [0.29, 0.717) is 13.2 Å². The molecule has 0 saturated carbocycles. The third-order valence-corrected chi connectivity index (χ3v) is 7.60. The molecule has 1 aliphatic heterocycles. The molecule has 2 atom stereocenters. The standard InChI is InChI=1S/C26H27BrNO2S/c1-20-22-13-5-8-16-25(22)31-28(26(20)29,19-21-11-3-2-4-12-21)23-14-6-7-15-24(23)30-18-10-9-17-27/h2-8,11-16,20H,9-10,17-19H2,1H3/q+1. The zero-order chi connectivity index (χ0) is 21.7. The highest BCUT2D eigenvalue weighted by Crippen LogP contribution is 2.51. The predicted octanol–water partition coefficient (Wildman–Crippen LogP) is 7.10. The smallest absolute Gasteiger partial charge is 0.338 e. The van der Waals surface area contributed by atoms with Gasteiger partial charge >= 0.3 is 5.91 Å². The second-order valence-corrected chi connectivity index (χ2v) is 9.82. The number of quaternary nitrogens is 1. The lowest BCUT2D eigenvalue weighted by Gasteiger charge is -2.39. The van der Waals surface area contributed by atoms with Crippen LogP contribution in [0.4, 0.5) is 5.69 Å². The molecule has 0 aliphatic carbocycles. The van der Waals surface area contributed by atoms with Crippen molar-refractivity contribution in [2.45, 2.75) is 37.1 Å².